The molecule has 74 valence electrons. The summed E-state index contributed by atoms with van der Waals surface area (Å²) in [4.78, 5) is 1.20. The van der Waals surface area contributed by atoms with E-state index in [1.54, 1.807) is 6.20 Å². The number of aryl methyl sites for hydroxylation is 1. The third kappa shape index (κ3) is 1.83. The van der Waals surface area contributed by atoms with Crippen LogP contribution in [0.15, 0.2) is 18.5 Å². The third-order valence-electron chi connectivity index (χ3n) is 2.08. The van der Waals surface area contributed by atoms with Gasteiger partial charge in [0.05, 0.1) is 12.2 Å². The monoisotopic (exact) mass is 208 g/mol. The molecule has 0 saturated heterocycles. The summed E-state index contributed by atoms with van der Waals surface area (Å²) in [5.41, 5.74) is 7.69. The molecule has 4 nitrogen and oxygen atoms in total. The van der Waals surface area contributed by atoms with Crippen molar-refractivity contribution in [2.24, 2.45) is 5.73 Å². The van der Waals surface area contributed by atoms with Crippen molar-refractivity contribution in [1.29, 1.82) is 0 Å². The van der Waals surface area contributed by atoms with Gasteiger partial charge in [0.2, 0.25) is 0 Å². The van der Waals surface area contributed by atoms with Crippen LogP contribution in [0, 0.1) is 6.92 Å². The molecule has 2 rings (SSSR count). The number of nitrogens with two attached hydrogens (primary N) is 1. The Morgan fingerprint density at radius 2 is 2.43 bits per heavy atom. The first-order chi connectivity index (χ1) is 6.79. The molecule has 2 N–H and O–H groups in total. The molecule has 0 radical (unpaired) electrons. The smallest absolute Gasteiger partial charge is 0.0768 e. The first-order valence-electron chi connectivity index (χ1n) is 4.42. The van der Waals surface area contributed by atoms with Crippen LogP contribution in [0.5, 0.6) is 0 Å². The molecule has 0 bridgehead atoms. The van der Waals surface area contributed by atoms with Crippen molar-refractivity contribution in [1.82, 2.24) is 14.2 Å². The van der Waals surface area contributed by atoms with Crippen LogP contribution in [-0.4, -0.2) is 14.2 Å². The van der Waals surface area contributed by atoms with Gasteiger partial charge in [0, 0.05) is 29.4 Å². The van der Waals surface area contributed by atoms with E-state index >= 15 is 0 Å². The number of rotatable bonds is 3. The minimum Gasteiger partial charge on any atom is -0.326 e. The van der Waals surface area contributed by atoms with Gasteiger partial charge in [-0.2, -0.15) is 5.10 Å². The molecule has 0 spiro atoms. The largest absolute Gasteiger partial charge is 0.326 e. The van der Waals surface area contributed by atoms with Gasteiger partial charge in [-0.05, 0) is 24.5 Å². The average Bonchev–Trinajstić information content (AvgIpc) is 2.76. The molecule has 2 heterocycles. The molecule has 2 aromatic rings. The summed E-state index contributed by atoms with van der Waals surface area (Å²) in [5, 5.41) is 4.37. The SMILES string of the molecule is Cc1nn(Cc2ccns2)cc1CN. The van der Waals surface area contributed by atoms with E-state index < -0.39 is 0 Å². The second-order valence-electron chi connectivity index (χ2n) is 3.12. The minimum atomic E-state index is 0.550. The summed E-state index contributed by atoms with van der Waals surface area (Å²) in [6.45, 7) is 3.31. The zero-order chi connectivity index (χ0) is 9.97. The summed E-state index contributed by atoms with van der Waals surface area (Å²) in [7, 11) is 0. The summed E-state index contributed by atoms with van der Waals surface area (Å²) in [6, 6.07) is 2.00. The summed E-state index contributed by atoms with van der Waals surface area (Å²) in [5.74, 6) is 0. The molecule has 0 aliphatic rings. The van der Waals surface area contributed by atoms with E-state index in [1.165, 1.54) is 16.4 Å². The Bertz CT molecular complexity index is 404. The second-order valence-corrected chi connectivity index (χ2v) is 4.04. The molecule has 0 amide bonds. The Hall–Kier alpha value is -1.20. The normalized spacial score (nSPS) is 10.7. The standard InChI is InChI=1S/C9H12N4S/c1-7-8(4-10)5-13(12-7)6-9-2-3-11-14-9/h2-3,5H,4,6,10H2,1H3. The van der Waals surface area contributed by atoms with Crippen LogP contribution in [0.4, 0.5) is 0 Å². The first-order valence-corrected chi connectivity index (χ1v) is 5.19. The van der Waals surface area contributed by atoms with Gasteiger partial charge in [0.15, 0.2) is 0 Å². The predicted molar refractivity (Wildman–Crippen MR) is 56.1 cm³/mol. The molecule has 0 saturated carbocycles. The fourth-order valence-corrected chi connectivity index (χ4v) is 1.89. The third-order valence-corrected chi connectivity index (χ3v) is 2.80. The van der Waals surface area contributed by atoms with Gasteiger partial charge in [-0.15, -0.1) is 0 Å². The van der Waals surface area contributed by atoms with Gasteiger partial charge in [0.1, 0.15) is 0 Å². The molecule has 2 aromatic heterocycles. The Balaban J connectivity index is 2.17. The molecule has 0 unspecified atom stereocenters. The number of aromatic nitrogens is 3. The number of nitrogens with zero attached hydrogens (tertiary/aromatic N) is 3. The molecule has 0 fully saturated rings. The highest BCUT2D eigenvalue weighted by Gasteiger charge is 2.03. The van der Waals surface area contributed by atoms with Gasteiger partial charge in [-0.25, -0.2) is 4.37 Å². The Morgan fingerprint density at radius 1 is 1.57 bits per heavy atom. The maximum Gasteiger partial charge on any atom is 0.0768 e. The zero-order valence-corrected chi connectivity index (χ0v) is 8.79. The number of hydrogen-bond donors (Lipinski definition) is 1. The summed E-state index contributed by atoms with van der Waals surface area (Å²) >= 11 is 1.50. The van der Waals surface area contributed by atoms with Crippen molar-refractivity contribution < 1.29 is 0 Å². The van der Waals surface area contributed by atoms with E-state index in [0.717, 1.165) is 17.8 Å². The van der Waals surface area contributed by atoms with Crippen LogP contribution in [0.25, 0.3) is 0 Å². The fraction of sp³-hybridized carbons (Fsp3) is 0.333. The lowest BCUT2D eigenvalue weighted by molar-refractivity contribution is 0.687. The number of hydrogen-bond acceptors (Lipinski definition) is 4. The van der Waals surface area contributed by atoms with Crippen molar-refractivity contribution in [3.05, 3.63) is 34.6 Å². The van der Waals surface area contributed by atoms with Crippen LogP contribution in [0.2, 0.25) is 0 Å². The van der Waals surface area contributed by atoms with Crippen LogP contribution >= 0.6 is 11.5 Å². The van der Waals surface area contributed by atoms with E-state index in [4.69, 9.17) is 5.73 Å². The van der Waals surface area contributed by atoms with E-state index in [1.807, 2.05) is 23.9 Å². The van der Waals surface area contributed by atoms with Crippen LogP contribution in [0.3, 0.4) is 0 Å². The fourth-order valence-electron chi connectivity index (χ4n) is 1.32. The topological polar surface area (TPSA) is 56.7 Å². The molecule has 0 aliphatic heterocycles. The Kier molecular flexibility index (Phi) is 2.60. The van der Waals surface area contributed by atoms with Crippen molar-refractivity contribution in [3.8, 4) is 0 Å². The molecule has 0 atom stereocenters. The van der Waals surface area contributed by atoms with Crippen molar-refractivity contribution in [2.45, 2.75) is 20.0 Å². The summed E-state index contributed by atoms with van der Waals surface area (Å²) < 4.78 is 5.95. The average molecular weight is 208 g/mol. The van der Waals surface area contributed by atoms with Gasteiger partial charge in [0.25, 0.3) is 0 Å². The molecule has 5 heteroatoms. The van der Waals surface area contributed by atoms with E-state index in [2.05, 4.69) is 9.47 Å². The van der Waals surface area contributed by atoms with E-state index in [-0.39, 0.29) is 0 Å². The molecular formula is C9H12N4S. The van der Waals surface area contributed by atoms with Gasteiger partial charge in [-0.1, -0.05) is 0 Å². The predicted octanol–water partition coefficient (Wildman–Crippen LogP) is 1.16. The quantitative estimate of drug-likeness (QED) is 0.823. The maximum atomic E-state index is 5.57. The molecule has 14 heavy (non-hydrogen) atoms. The lowest BCUT2D eigenvalue weighted by atomic mass is 10.3. The van der Waals surface area contributed by atoms with Crippen LogP contribution in [0.1, 0.15) is 16.1 Å². The first kappa shape index (κ1) is 9.36. The van der Waals surface area contributed by atoms with Crippen molar-refractivity contribution in [2.75, 3.05) is 0 Å². The van der Waals surface area contributed by atoms with Crippen LogP contribution in [-0.2, 0) is 13.1 Å². The minimum absolute atomic E-state index is 0.550. The van der Waals surface area contributed by atoms with E-state index in [9.17, 15) is 0 Å². The van der Waals surface area contributed by atoms with Gasteiger partial charge >= 0.3 is 0 Å². The summed E-state index contributed by atoms with van der Waals surface area (Å²) in [6.07, 6.45) is 3.80. The van der Waals surface area contributed by atoms with Gasteiger partial charge in [-0.3, -0.25) is 4.68 Å². The zero-order valence-electron chi connectivity index (χ0n) is 7.97. The van der Waals surface area contributed by atoms with Gasteiger partial charge < -0.3 is 5.73 Å². The Morgan fingerprint density at radius 3 is 3.00 bits per heavy atom. The lowest BCUT2D eigenvalue weighted by Crippen LogP contribution is -1.98. The van der Waals surface area contributed by atoms with Crippen molar-refractivity contribution >= 4 is 11.5 Å². The van der Waals surface area contributed by atoms with Crippen LogP contribution < -0.4 is 5.73 Å². The highest BCUT2D eigenvalue weighted by atomic mass is 32.1. The molecule has 0 aromatic carbocycles. The molecule has 0 aliphatic carbocycles. The van der Waals surface area contributed by atoms with Crippen molar-refractivity contribution in [3.63, 3.8) is 0 Å². The highest BCUT2D eigenvalue weighted by molar-refractivity contribution is 7.05. The molecular weight excluding hydrogens is 196 g/mol. The van der Waals surface area contributed by atoms with E-state index in [0.29, 0.717) is 6.54 Å². The second kappa shape index (κ2) is 3.89. The maximum absolute atomic E-state index is 5.57. The Labute approximate surface area is 86.5 Å². The lowest BCUT2D eigenvalue weighted by Gasteiger charge is -1.95. The highest BCUT2D eigenvalue weighted by Crippen LogP contribution is 2.09.